The molecular formula is C43H73N9O10. The van der Waals surface area contributed by atoms with E-state index in [1.54, 1.807) is 26.0 Å². The molecule has 4 atom stereocenters. The van der Waals surface area contributed by atoms with Crippen LogP contribution in [0, 0.1) is 5.92 Å². The Balaban J connectivity index is 3.11. The lowest BCUT2D eigenvalue weighted by molar-refractivity contribution is -0.139. The first-order chi connectivity index (χ1) is 28.5. The number of nitrogens with two attached hydrogens (primary N) is 2. The van der Waals surface area contributed by atoms with Gasteiger partial charge in [0.25, 0.3) is 0 Å². The van der Waals surface area contributed by atoms with Crippen LogP contribution in [0.25, 0.3) is 0 Å². The van der Waals surface area contributed by atoms with Crippen LogP contribution in [-0.2, 0) is 44.8 Å². The highest BCUT2D eigenvalue weighted by Gasteiger charge is 2.37. The number of hydrogen-bond donors (Lipinski definition) is 11. The summed E-state index contributed by atoms with van der Waals surface area (Å²) in [6, 6.07) is 5.94. The number of aliphatic carboxylic acids is 1. The molecule has 0 unspecified atom stereocenters. The number of nitrogens with one attached hydrogen (secondary N) is 7. The summed E-state index contributed by atoms with van der Waals surface area (Å²) in [5, 5.41) is 38.0. The van der Waals surface area contributed by atoms with Gasteiger partial charge in [-0.2, -0.15) is 0 Å². The van der Waals surface area contributed by atoms with Gasteiger partial charge in [-0.3, -0.25) is 38.4 Å². The molecule has 0 fully saturated rings. The number of rotatable bonds is 27. The minimum Gasteiger partial charge on any atom is -0.481 e. The van der Waals surface area contributed by atoms with E-state index in [2.05, 4.69) is 37.2 Å². The first kappa shape index (κ1) is 54.9. The maximum absolute atomic E-state index is 13.7. The van der Waals surface area contributed by atoms with Crippen LogP contribution < -0.4 is 48.7 Å². The molecule has 0 aromatic heterocycles. The lowest BCUT2D eigenvalue weighted by atomic mass is 9.96. The van der Waals surface area contributed by atoms with Crippen LogP contribution in [0.1, 0.15) is 120 Å². The van der Waals surface area contributed by atoms with Crippen LogP contribution in [0.5, 0.6) is 0 Å². The highest BCUT2D eigenvalue weighted by atomic mass is 16.4. The minimum absolute atomic E-state index is 0.182. The Kier molecular flexibility index (Phi) is 21.7. The molecule has 19 heteroatoms. The summed E-state index contributed by atoms with van der Waals surface area (Å²) >= 11 is 0. The number of benzene rings is 1. The maximum Gasteiger partial charge on any atom is 0.305 e. The third-order valence-electron chi connectivity index (χ3n) is 10.0. The van der Waals surface area contributed by atoms with Crippen molar-refractivity contribution in [3.8, 4) is 0 Å². The average Bonchev–Trinajstić information content (AvgIpc) is 3.13. The van der Waals surface area contributed by atoms with Gasteiger partial charge in [0.2, 0.25) is 41.4 Å². The van der Waals surface area contributed by atoms with Gasteiger partial charge in [-0.1, -0.05) is 50.6 Å². The summed E-state index contributed by atoms with van der Waals surface area (Å²) in [4.78, 5) is 104. The number of carboxylic acids is 1. The second-order valence-corrected chi connectivity index (χ2v) is 18.4. The number of carbonyl (C=O) groups excluding carboxylic acids is 7. The third-order valence-corrected chi connectivity index (χ3v) is 10.0. The van der Waals surface area contributed by atoms with Gasteiger partial charge in [0.1, 0.15) is 16.6 Å². The van der Waals surface area contributed by atoms with Gasteiger partial charge >= 0.3 is 5.97 Å². The van der Waals surface area contributed by atoms with E-state index in [1.165, 1.54) is 55.4 Å². The lowest BCUT2D eigenvalue weighted by Crippen LogP contribution is -2.60. The van der Waals surface area contributed by atoms with E-state index in [1.807, 2.05) is 18.2 Å². The zero-order chi connectivity index (χ0) is 47.6. The summed E-state index contributed by atoms with van der Waals surface area (Å²) < 4.78 is 0. The lowest BCUT2D eigenvalue weighted by Gasteiger charge is -2.32. The van der Waals surface area contributed by atoms with Crippen LogP contribution in [0.4, 0.5) is 0 Å². The normalized spacial score (nSPS) is 14.0. The van der Waals surface area contributed by atoms with E-state index < -0.39 is 100 Å². The highest BCUT2D eigenvalue weighted by molar-refractivity contribution is 5.94. The predicted molar refractivity (Wildman–Crippen MR) is 234 cm³/mol. The van der Waals surface area contributed by atoms with E-state index in [-0.39, 0.29) is 38.0 Å². The molecule has 0 aliphatic heterocycles. The zero-order valence-electron chi connectivity index (χ0n) is 38.2. The van der Waals surface area contributed by atoms with Crippen LogP contribution >= 0.6 is 0 Å². The number of carbonyl (C=O) groups is 8. The average molecular weight is 876 g/mol. The van der Waals surface area contributed by atoms with Crippen molar-refractivity contribution in [2.75, 3.05) is 13.2 Å². The van der Waals surface area contributed by atoms with E-state index >= 15 is 0 Å². The zero-order valence-corrected chi connectivity index (χ0v) is 38.2. The van der Waals surface area contributed by atoms with E-state index in [9.17, 15) is 48.6 Å². The van der Waals surface area contributed by atoms with Gasteiger partial charge in [0.15, 0.2) is 0 Å². The monoisotopic (exact) mass is 876 g/mol. The Morgan fingerprint density at radius 3 is 1.44 bits per heavy atom. The largest absolute Gasteiger partial charge is 0.481 e. The molecule has 0 saturated heterocycles. The maximum atomic E-state index is 13.7. The molecule has 0 saturated carbocycles. The summed E-state index contributed by atoms with van der Waals surface area (Å²) in [5.74, 6) is -5.37. The Bertz CT molecular complexity index is 1690. The molecule has 0 aliphatic rings. The summed E-state index contributed by atoms with van der Waals surface area (Å²) in [6.07, 6.45) is 0.656. The van der Waals surface area contributed by atoms with E-state index in [0.29, 0.717) is 25.8 Å². The van der Waals surface area contributed by atoms with Crippen molar-refractivity contribution in [2.24, 2.45) is 17.4 Å². The van der Waals surface area contributed by atoms with Crippen LogP contribution in [0.15, 0.2) is 30.3 Å². The highest BCUT2D eigenvalue weighted by Crippen LogP contribution is 2.15. The standard InChI is InChI=1S/C43H73N9O10/c1-26(2)31(24-35(57)58)49-39(62)43(9,10)50-32(54)21-28(18-14-15-19-44)46-37(60)41(5,6)51-33(55)22-29(20-27-16-12-11-13-17-27)47-38(61)42(7,8)52-34(56)23-30(25-53)48-36(59)40(3,4)45/h11-13,16-17,26,28-31,53H,14-15,18-25,44-45H2,1-10H3,(H,46,60)(H,47,61)(H,48,59)(H,49,62)(H,50,54)(H,51,55)(H,52,56)(H,57,58)/t28-,29-,30+,31+/m0/s1. The molecule has 1 aromatic rings. The second kappa shape index (κ2) is 24.5. The van der Waals surface area contributed by atoms with Crippen LogP contribution in [0.3, 0.4) is 0 Å². The Hall–Kier alpha value is -5.14. The quantitative estimate of drug-likeness (QED) is 0.0521. The van der Waals surface area contributed by atoms with E-state index in [4.69, 9.17) is 11.5 Å². The van der Waals surface area contributed by atoms with Gasteiger partial charge in [0, 0.05) is 37.4 Å². The molecule has 13 N–H and O–H groups in total. The molecular weight excluding hydrogens is 803 g/mol. The molecule has 1 aromatic carbocycles. The number of carboxylic acid groups (broad SMARTS) is 1. The minimum atomic E-state index is -1.50. The third kappa shape index (κ3) is 20.2. The SMILES string of the molecule is CC(C)[C@@H](CC(=O)O)NC(=O)C(C)(C)NC(=O)C[C@H](CCCCN)NC(=O)C(C)(C)NC(=O)C[C@H](Cc1ccccc1)NC(=O)C(C)(C)NC(=O)C[C@H](CO)NC(=O)C(C)(C)N. The first-order valence-electron chi connectivity index (χ1n) is 21.0. The van der Waals surface area contributed by atoms with Crippen molar-refractivity contribution in [3.63, 3.8) is 0 Å². The molecule has 19 nitrogen and oxygen atoms in total. The number of amides is 7. The Labute approximate surface area is 365 Å². The molecule has 0 heterocycles. The van der Waals surface area contributed by atoms with Crippen molar-refractivity contribution < 1.29 is 48.6 Å². The Morgan fingerprint density at radius 2 is 1.02 bits per heavy atom. The molecule has 62 heavy (non-hydrogen) atoms. The molecule has 0 spiro atoms. The molecule has 0 radical (unpaired) electrons. The summed E-state index contributed by atoms with van der Waals surface area (Å²) in [6.45, 7) is 15.2. The van der Waals surface area contributed by atoms with Crippen LogP contribution in [-0.4, -0.2) is 117 Å². The first-order valence-corrected chi connectivity index (χ1v) is 21.0. The molecule has 0 bridgehead atoms. The number of unbranched alkanes of at least 4 members (excludes halogenated alkanes) is 1. The fourth-order valence-electron chi connectivity index (χ4n) is 6.13. The van der Waals surface area contributed by atoms with Crippen molar-refractivity contribution in [2.45, 2.75) is 167 Å². The number of hydrogen-bond acceptors (Lipinski definition) is 11. The van der Waals surface area contributed by atoms with Crippen molar-refractivity contribution in [1.29, 1.82) is 0 Å². The van der Waals surface area contributed by atoms with Gasteiger partial charge in [0.05, 0.1) is 24.6 Å². The summed E-state index contributed by atoms with van der Waals surface area (Å²) in [5.41, 5.74) is 6.64. The molecule has 0 aliphatic carbocycles. The molecule has 7 amide bonds. The van der Waals surface area contributed by atoms with Gasteiger partial charge in [-0.15, -0.1) is 0 Å². The molecule has 350 valence electrons. The fraction of sp³-hybridized carbons (Fsp3) is 0.674. The smallest absolute Gasteiger partial charge is 0.305 e. The van der Waals surface area contributed by atoms with Gasteiger partial charge in [-0.25, -0.2) is 0 Å². The van der Waals surface area contributed by atoms with Crippen molar-refractivity contribution >= 4 is 47.3 Å². The molecule has 1 rings (SSSR count). The second-order valence-electron chi connectivity index (χ2n) is 18.4. The Morgan fingerprint density at radius 1 is 0.597 bits per heavy atom. The van der Waals surface area contributed by atoms with E-state index in [0.717, 1.165) is 5.56 Å². The fourth-order valence-corrected chi connectivity index (χ4v) is 6.13. The van der Waals surface area contributed by atoms with Crippen LogP contribution in [0.2, 0.25) is 0 Å². The number of aliphatic hydroxyl groups excluding tert-OH is 1. The van der Waals surface area contributed by atoms with Crippen molar-refractivity contribution in [3.05, 3.63) is 35.9 Å². The summed E-state index contributed by atoms with van der Waals surface area (Å²) in [7, 11) is 0. The van der Waals surface area contributed by atoms with Crippen molar-refractivity contribution in [1.82, 2.24) is 37.2 Å². The van der Waals surface area contributed by atoms with Gasteiger partial charge < -0.3 is 58.9 Å². The topological polar surface area (TPSA) is 313 Å². The number of aliphatic hydroxyl groups is 1. The van der Waals surface area contributed by atoms with Gasteiger partial charge in [-0.05, 0) is 92.7 Å². The predicted octanol–water partition coefficient (Wildman–Crippen LogP) is 0.0123.